The number of fused-ring (bicyclic) bond motifs is 1. The summed E-state index contributed by atoms with van der Waals surface area (Å²) in [5.74, 6) is 0.260. The Labute approximate surface area is 208 Å². The molecule has 0 amide bonds. The van der Waals surface area contributed by atoms with Crippen molar-refractivity contribution in [3.63, 3.8) is 0 Å². The van der Waals surface area contributed by atoms with Crippen molar-refractivity contribution < 1.29 is 25.8 Å². The van der Waals surface area contributed by atoms with Crippen LogP contribution >= 0.6 is 0 Å². The minimum absolute atomic E-state index is 0. The van der Waals surface area contributed by atoms with Crippen molar-refractivity contribution in [3.8, 4) is 11.4 Å². The van der Waals surface area contributed by atoms with Crippen molar-refractivity contribution in [1.82, 2.24) is 9.97 Å². The maximum absolute atomic E-state index is 14.8. The first-order valence-electron chi connectivity index (χ1n) is 11.0. The largest absolute Gasteiger partial charge is 2.00 e. The molecule has 1 N–H and O–H groups in total. The minimum Gasteiger partial charge on any atom is -0.378 e. The molecule has 7 heteroatoms. The van der Waals surface area contributed by atoms with Gasteiger partial charge in [0.05, 0.1) is 22.5 Å². The zero-order valence-corrected chi connectivity index (χ0v) is 19.5. The van der Waals surface area contributed by atoms with Gasteiger partial charge in [0.2, 0.25) is 0 Å². The summed E-state index contributed by atoms with van der Waals surface area (Å²) in [6, 6.07) is 27.7. The van der Waals surface area contributed by atoms with Crippen molar-refractivity contribution in [2.24, 2.45) is 0 Å². The Morgan fingerprint density at radius 3 is 2.15 bits per heavy atom. The third kappa shape index (κ3) is 5.22. The Kier molecular flexibility index (Phi) is 7.46. The van der Waals surface area contributed by atoms with Gasteiger partial charge in [-0.05, 0) is 30.3 Å². The number of halogens is 2. The number of imidazole rings is 1. The Balaban J connectivity index is 0.000000407. The molecule has 174 valence electrons. The first kappa shape index (κ1) is 23.7. The van der Waals surface area contributed by atoms with E-state index in [2.05, 4.69) is 14.9 Å². The number of H-pyrrole nitrogens is 1. The zero-order chi connectivity index (χ0) is 22.6. The van der Waals surface area contributed by atoms with Gasteiger partial charge in [-0.1, -0.05) is 0 Å². The van der Waals surface area contributed by atoms with Gasteiger partial charge >= 0.3 is 17.1 Å². The molecule has 1 fully saturated rings. The van der Waals surface area contributed by atoms with Crippen LogP contribution in [0.4, 0.5) is 20.2 Å². The molecule has 4 aromatic carbocycles. The van der Waals surface area contributed by atoms with Gasteiger partial charge < -0.3 is 14.8 Å². The predicted octanol–water partition coefficient (Wildman–Crippen LogP) is 5.96. The van der Waals surface area contributed by atoms with Gasteiger partial charge in [0.25, 0.3) is 0 Å². The van der Waals surface area contributed by atoms with E-state index in [1.165, 1.54) is 18.2 Å². The molecule has 0 unspecified atom stereocenters. The smallest absolute Gasteiger partial charge is 0.378 e. The molecule has 1 aromatic heterocycles. The van der Waals surface area contributed by atoms with Gasteiger partial charge in [-0.15, -0.1) is 11.6 Å². The van der Waals surface area contributed by atoms with Gasteiger partial charge in [0, 0.05) is 37.9 Å². The molecule has 0 atom stereocenters. The Bertz CT molecular complexity index is 1270. The molecule has 0 bridgehead atoms. The van der Waals surface area contributed by atoms with Crippen molar-refractivity contribution >= 4 is 22.4 Å². The fourth-order valence-electron chi connectivity index (χ4n) is 4.11. The second-order valence-corrected chi connectivity index (χ2v) is 7.99. The van der Waals surface area contributed by atoms with Crippen molar-refractivity contribution in [3.05, 3.63) is 103 Å². The van der Waals surface area contributed by atoms with Crippen LogP contribution in [0.15, 0.2) is 91.0 Å². The quantitative estimate of drug-likeness (QED) is 0.247. The molecule has 0 spiro atoms. The number of hydrogen-bond donors (Lipinski definition) is 1. The van der Waals surface area contributed by atoms with E-state index in [0.717, 1.165) is 35.7 Å². The third-order valence-electron chi connectivity index (χ3n) is 5.85. The van der Waals surface area contributed by atoms with E-state index in [1.807, 2.05) is 65.6 Å². The topological polar surface area (TPSA) is 35.2 Å². The third-order valence-corrected chi connectivity index (χ3v) is 5.85. The van der Waals surface area contributed by atoms with Gasteiger partial charge in [-0.2, -0.15) is 36.4 Å². The standard InChI is InChI=1S/C22H19F2N4.C5H5.Fe/c23-16-5-7-17(8-6-16)27-9-11-28(12-10-27)21-14-20-19(13-18(21)24)25-22(26-20)15-3-1-2-4-15;1-2-4-5-3-1;/h1-8,13-14H,9-12H2,(H,25,26);1-5H;/q2*-1;+2. The summed E-state index contributed by atoms with van der Waals surface area (Å²) in [4.78, 5) is 12.1. The summed E-state index contributed by atoms with van der Waals surface area (Å²) in [6.45, 7) is 2.89. The number of benzene rings is 2. The normalized spacial score (nSPS) is 13.4. The molecule has 4 nitrogen and oxygen atoms in total. The first-order valence-corrected chi connectivity index (χ1v) is 11.0. The van der Waals surface area contributed by atoms with Crippen molar-refractivity contribution in [2.45, 2.75) is 0 Å². The summed E-state index contributed by atoms with van der Waals surface area (Å²) in [7, 11) is 0. The maximum Gasteiger partial charge on any atom is 2.00 e. The number of nitrogens with one attached hydrogen (secondary N) is 1. The maximum atomic E-state index is 14.8. The van der Waals surface area contributed by atoms with E-state index in [1.54, 1.807) is 12.1 Å². The average molecular weight is 498 g/mol. The summed E-state index contributed by atoms with van der Waals surface area (Å²) >= 11 is 0. The second-order valence-electron chi connectivity index (χ2n) is 7.99. The van der Waals surface area contributed by atoms with Crippen LogP contribution in [-0.4, -0.2) is 36.1 Å². The van der Waals surface area contributed by atoms with Crippen LogP contribution in [0.3, 0.4) is 0 Å². The van der Waals surface area contributed by atoms with E-state index in [4.69, 9.17) is 0 Å². The predicted molar refractivity (Wildman–Crippen MR) is 130 cm³/mol. The molecule has 1 saturated heterocycles. The number of nitrogens with zero attached hydrogens (tertiary/aromatic N) is 3. The zero-order valence-electron chi connectivity index (χ0n) is 18.4. The fourth-order valence-corrected chi connectivity index (χ4v) is 4.11. The Morgan fingerprint density at radius 2 is 1.53 bits per heavy atom. The van der Waals surface area contributed by atoms with Gasteiger partial charge in [-0.3, -0.25) is 4.98 Å². The van der Waals surface area contributed by atoms with Gasteiger partial charge in [0.15, 0.2) is 0 Å². The molecule has 1 aliphatic rings. The van der Waals surface area contributed by atoms with Crippen LogP contribution < -0.4 is 9.80 Å². The molecular weight excluding hydrogens is 474 g/mol. The molecule has 0 aliphatic carbocycles. The monoisotopic (exact) mass is 498 g/mol. The summed E-state index contributed by atoms with van der Waals surface area (Å²) in [5.41, 5.74) is 4.01. The molecule has 1 aliphatic heterocycles. The molecule has 34 heavy (non-hydrogen) atoms. The number of rotatable bonds is 3. The fraction of sp³-hybridized carbons (Fsp3) is 0.148. The SMILES string of the molecule is Fc1ccc(N2CCN(c3cc4nc(-c5ccc[cH-]5)[nH]c4cc3F)CC2)cc1.[Fe+2].c1cc[cH-]c1. The van der Waals surface area contributed by atoms with Crippen LogP contribution in [0.5, 0.6) is 0 Å². The number of anilines is 2. The number of piperazine rings is 1. The summed E-state index contributed by atoms with van der Waals surface area (Å²) < 4.78 is 27.9. The Morgan fingerprint density at radius 1 is 0.824 bits per heavy atom. The number of aromatic nitrogens is 2. The first-order chi connectivity index (χ1) is 16.2. The number of hydrogen-bond acceptors (Lipinski definition) is 3. The van der Waals surface area contributed by atoms with Crippen LogP contribution in [0, 0.1) is 11.6 Å². The summed E-state index contributed by atoms with van der Waals surface area (Å²) in [6.07, 6.45) is 0. The van der Waals surface area contributed by atoms with E-state index in [-0.39, 0.29) is 28.7 Å². The van der Waals surface area contributed by atoms with E-state index < -0.39 is 0 Å². The van der Waals surface area contributed by atoms with E-state index in [0.29, 0.717) is 24.3 Å². The van der Waals surface area contributed by atoms with Gasteiger partial charge in [0.1, 0.15) is 11.6 Å². The second kappa shape index (κ2) is 10.7. The Hall–Kier alpha value is -3.41. The van der Waals surface area contributed by atoms with Crippen molar-refractivity contribution in [2.75, 3.05) is 36.0 Å². The molecule has 0 radical (unpaired) electrons. The minimum atomic E-state index is -0.250. The van der Waals surface area contributed by atoms with E-state index in [9.17, 15) is 8.78 Å². The van der Waals surface area contributed by atoms with Crippen LogP contribution in [0.2, 0.25) is 0 Å². The van der Waals surface area contributed by atoms with Crippen LogP contribution in [0.25, 0.3) is 22.4 Å². The van der Waals surface area contributed by atoms with Crippen LogP contribution in [0.1, 0.15) is 0 Å². The van der Waals surface area contributed by atoms with Crippen molar-refractivity contribution in [1.29, 1.82) is 0 Å². The number of aromatic amines is 1. The van der Waals surface area contributed by atoms with Gasteiger partial charge in [-0.25, -0.2) is 20.9 Å². The average Bonchev–Trinajstić information content (AvgIpc) is 3.62. The molecule has 5 aromatic rings. The summed E-state index contributed by atoms with van der Waals surface area (Å²) in [5, 5.41) is 0. The molecule has 6 rings (SSSR count). The molecular formula is C27H24F2FeN4. The molecule has 0 saturated carbocycles. The van der Waals surface area contributed by atoms with Crippen LogP contribution in [-0.2, 0) is 17.1 Å². The molecule has 2 heterocycles. The van der Waals surface area contributed by atoms with E-state index >= 15 is 0 Å².